The predicted octanol–water partition coefficient (Wildman–Crippen LogP) is 4.86. The normalized spacial score (nSPS) is 10.4. The van der Waals surface area contributed by atoms with Crippen molar-refractivity contribution in [3.05, 3.63) is 64.0 Å². The summed E-state index contributed by atoms with van der Waals surface area (Å²) < 4.78 is 5.41. The third kappa shape index (κ3) is 3.69. The number of hydrogen-bond acceptors (Lipinski definition) is 6. The third-order valence-electron chi connectivity index (χ3n) is 3.27. The Kier molecular flexibility index (Phi) is 4.72. The quantitative estimate of drug-likeness (QED) is 0.512. The fraction of sp³-hybridized carbons (Fsp3) is 0.118. The summed E-state index contributed by atoms with van der Waals surface area (Å²) in [5.41, 5.74) is 2.39. The average Bonchev–Trinajstić information content (AvgIpc) is 3.05. The van der Waals surface area contributed by atoms with Crippen LogP contribution in [0.25, 0.3) is 11.3 Å². The van der Waals surface area contributed by atoms with E-state index in [0.29, 0.717) is 12.3 Å². The van der Waals surface area contributed by atoms with Crippen molar-refractivity contribution in [2.45, 2.75) is 6.92 Å². The molecule has 0 radical (unpaired) electrons. The number of aromatic nitrogens is 1. The first-order chi connectivity index (χ1) is 11.7. The average molecular weight is 341 g/mol. The van der Waals surface area contributed by atoms with Crippen LogP contribution < -0.4 is 10.1 Å². The Morgan fingerprint density at radius 3 is 2.75 bits per heavy atom. The zero-order valence-electron chi connectivity index (χ0n) is 12.9. The maximum atomic E-state index is 10.9. The number of thiazole rings is 1. The summed E-state index contributed by atoms with van der Waals surface area (Å²) in [6, 6.07) is 14.1. The molecule has 2 aromatic carbocycles. The number of nitrogens with one attached hydrogen (secondary N) is 1. The molecule has 1 N–H and O–H groups in total. The monoisotopic (exact) mass is 341 g/mol. The lowest BCUT2D eigenvalue weighted by molar-refractivity contribution is -0.384. The lowest BCUT2D eigenvalue weighted by Crippen LogP contribution is -1.93. The molecular weight excluding hydrogens is 326 g/mol. The van der Waals surface area contributed by atoms with Crippen LogP contribution in [0.1, 0.15) is 6.92 Å². The Labute approximate surface area is 142 Å². The van der Waals surface area contributed by atoms with Crippen LogP contribution in [0.3, 0.4) is 0 Å². The van der Waals surface area contributed by atoms with Gasteiger partial charge in [0.15, 0.2) is 5.13 Å². The molecule has 0 amide bonds. The van der Waals surface area contributed by atoms with E-state index in [1.165, 1.54) is 23.5 Å². The lowest BCUT2D eigenvalue weighted by Gasteiger charge is -2.05. The van der Waals surface area contributed by atoms with Crippen molar-refractivity contribution in [1.82, 2.24) is 4.98 Å². The topological polar surface area (TPSA) is 77.3 Å². The van der Waals surface area contributed by atoms with Crippen molar-refractivity contribution < 1.29 is 9.66 Å². The standard InChI is InChI=1S/C17H15N3O3S/c1-2-23-15-8-6-13(7-9-15)18-17-19-16(11-24-17)12-4-3-5-14(10-12)20(21)22/h3-11H,2H2,1H3,(H,18,19). The number of nitro groups is 1. The molecule has 24 heavy (non-hydrogen) atoms. The van der Waals surface area contributed by atoms with Crippen LogP contribution in [0.4, 0.5) is 16.5 Å². The largest absolute Gasteiger partial charge is 0.494 e. The summed E-state index contributed by atoms with van der Waals surface area (Å²) >= 11 is 1.44. The Morgan fingerprint density at radius 1 is 1.25 bits per heavy atom. The highest BCUT2D eigenvalue weighted by Gasteiger charge is 2.10. The first-order valence-corrected chi connectivity index (χ1v) is 8.24. The SMILES string of the molecule is CCOc1ccc(Nc2nc(-c3cccc([N+](=O)[O-])c3)cs2)cc1. The van der Waals surface area contributed by atoms with Gasteiger partial charge in [-0.15, -0.1) is 11.3 Å². The Hall–Kier alpha value is -2.93. The molecular formula is C17H15N3O3S. The summed E-state index contributed by atoms with van der Waals surface area (Å²) in [5.74, 6) is 0.819. The van der Waals surface area contributed by atoms with Crippen molar-refractivity contribution in [2.24, 2.45) is 0 Å². The van der Waals surface area contributed by atoms with Gasteiger partial charge in [-0.1, -0.05) is 12.1 Å². The van der Waals surface area contributed by atoms with Crippen molar-refractivity contribution in [1.29, 1.82) is 0 Å². The molecule has 0 spiro atoms. The van der Waals surface area contributed by atoms with Crippen LogP contribution in [0.5, 0.6) is 5.75 Å². The predicted molar refractivity (Wildman–Crippen MR) is 95.1 cm³/mol. The van der Waals surface area contributed by atoms with Crippen LogP contribution >= 0.6 is 11.3 Å². The first-order valence-electron chi connectivity index (χ1n) is 7.36. The third-order valence-corrected chi connectivity index (χ3v) is 4.03. The van der Waals surface area contributed by atoms with E-state index in [1.54, 1.807) is 6.07 Å². The number of anilines is 2. The molecule has 0 aliphatic rings. The van der Waals surface area contributed by atoms with E-state index in [-0.39, 0.29) is 5.69 Å². The van der Waals surface area contributed by atoms with E-state index in [9.17, 15) is 10.1 Å². The van der Waals surface area contributed by atoms with Crippen molar-refractivity contribution >= 4 is 27.8 Å². The molecule has 122 valence electrons. The van der Waals surface area contributed by atoms with Crippen molar-refractivity contribution in [3.63, 3.8) is 0 Å². The maximum absolute atomic E-state index is 10.9. The van der Waals surface area contributed by atoms with Crippen LogP contribution in [0.15, 0.2) is 53.9 Å². The highest BCUT2D eigenvalue weighted by atomic mass is 32.1. The fourth-order valence-electron chi connectivity index (χ4n) is 2.17. The second kappa shape index (κ2) is 7.10. The lowest BCUT2D eigenvalue weighted by atomic mass is 10.1. The molecule has 0 saturated heterocycles. The smallest absolute Gasteiger partial charge is 0.270 e. The van der Waals surface area contributed by atoms with E-state index in [1.807, 2.05) is 42.6 Å². The van der Waals surface area contributed by atoms with Crippen LogP contribution in [-0.4, -0.2) is 16.5 Å². The molecule has 0 unspecified atom stereocenters. The van der Waals surface area contributed by atoms with Crippen LogP contribution in [0.2, 0.25) is 0 Å². The van der Waals surface area contributed by atoms with E-state index in [2.05, 4.69) is 10.3 Å². The van der Waals surface area contributed by atoms with Crippen LogP contribution in [-0.2, 0) is 0 Å². The van der Waals surface area contributed by atoms with Crippen molar-refractivity contribution in [2.75, 3.05) is 11.9 Å². The van der Waals surface area contributed by atoms with Crippen molar-refractivity contribution in [3.8, 4) is 17.0 Å². The summed E-state index contributed by atoms with van der Waals surface area (Å²) in [7, 11) is 0. The molecule has 1 aromatic heterocycles. The first kappa shape index (κ1) is 15.9. The summed E-state index contributed by atoms with van der Waals surface area (Å²) in [6.45, 7) is 2.57. The highest BCUT2D eigenvalue weighted by Crippen LogP contribution is 2.29. The Morgan fingerprint density at radius 2 is 2.04 bits per heavy atom. The number of nitro benzene ring substituents is 1. The number of benzene rings is 2. The number of ether oxygens (including phenoxy) is 1. The molecule has 0 bridgehead atoms. The van der Waals surface area contributed by atoms with Gasteiger partial charge in [0.2, 0.25) is 0 Å². The second-order valence-electron chi connectivity index (χ2n) is 4.93. The molecule has 6 nitrogen and oxygen atoms in total. The summed E-state index contributed by atoms with van der Waals surface area (Å²) in [5, 5.41) is 16.7. The molecule has 3 aromatic rings. The van der Waals surface area contributed by atoms with E-state index < -0.39 is 4.92 Å². The Bertz CT molecular complexity index is 846. The zero-order chi connectivity index (χ0) is 16.9. The summed E-state index contributed by atoms with van der Waals surface area (Å²) in [4.78, 5) is 15.0. The van der Waals surface area contributed by atoms with Gasteiger partial charge in [-0.05, 0) is 31.2 Å². The molecule has 3 rings (SSSR count). The zero-order valence-corrected chi connectivity index (χ0v) is 13.7. The van der Waals surface area contributed by atoms with E-state index in [0.717, 1.165) is 22.1 Å². The molecule has 0 saturated carbocycles. The number of rotatable bonds is 6. The number of hydrogen-bond donors (Lipinski definition) is 1. The van der Waals surface area contributed by atoms with E-state index in [4.69, 9.17) is 4.74 Å². The van der Waals surface area contributed by atoms with E-state index >= 15 is 0 Å². The number of nitrogens with zero attached hydrogens (tertiary/aromatic N) is 2. The molecule has 0 atom stereocenters. The molecule has 0 aliphatic carbocycles. The Balaban J connectivity index is 1.75. The number of non-ortho nitro benzene ring substituents is 1. The van der Waals surface area contributed by atoms with Gasteiger partial charge in [-0.3, -0.25) is 10.1 Å². The van der Waals surface area contributed by atoms with Gasteiger partial charge in [0.1, 0.15) is 5.75 Å². The fourth-order valence-corrected chi connectivity index (χ4v) is 2.91. The molecule has 0 fully saturated rings. The highest BCUT2D eigenvalue weighted by molar-refractivity contribution is 7.14. The second-order valence-corrected chi connectivity index (χ2v) is 5.79. The van der Waals surface area contributed by atoms with Gasteiger partial charge < -0.3 is 10.1 Å². The maximum Gasteiger partial charge on any atom is 0.270 e. The van der Waals surface area contributed by atoms with Gasteiger partial charge >= 0.3 is 0 Å². The molecule has 0 aliphatic heterocycles. The van der Waals surface area contributed by atoms with Gasteiger partial charge in [0.05, 0.1) is 17.2 Å². The minimum Gasteiger partial charge on any atom is -0.494 e. The van der Waals surface area contributed by atoms with Gasteiger partial charge in [-0.2, -0.15) is 0 Å². The minimum atomic E-state index is -0.408. The van der Waals surface area contributed by atoms with Gasteiger partial charge in [0, 0.05) is 28.8 Å². The van der Waals surface area contributed by atoms with Gasteiger partial charge in [-0.25, -0.2) is 4.98 Å². The summed E-state index contributed by atoms with van der Waals surface area (Å²) in [6.07, 6.45) is 0. The molecule has 7 heteroatoms. The molecule has 1 heterocycles. The minimum absolute atomic E-state index is 0.0570. The van der Waals surface area contributed by atoms with Gasteiger partial charge in [0.25, 0.3) is 5.69 Å². The van der Waals surface area contributed by atoms with Crippen LogP contribution in [0, 0.1) is 10.1 Å².